The van der Waals surface area contributed by atoms with Gasteiger partial charge in [-0.2, -0.15) is 0 Å². The second-order valence-corrected chi connectivity index (χ2v) is 13.0. The van der Waals surface area contributed by atoms with Gasteiger partial charge in [0.2, 0.25) is 0 Å². The van der Waals surface area contributed by atoms with Crippen LogP contribution in [0, 0.1) is 16.2 Å². The predicted molar refractivity (Wildman–Crippen MR) is 126 cm³/mol. The quantitative estimate of drug-likeness (QED) is 0.286. The molecule has 156 valence electrons. The predicted octanol–water partition coefficient (Wildman–Crippen LogP) is 8.00. The molecule has 0 atom stereocenters. The van der Waals surface area contributed by atoms with E-state index >= 15 is 0 Å². The topological polar surface area (TPSA) is 0 Å². The second kappa shape index (κ2) is 9.01. The van der Waals surface area contributed by atoms with E-state index in [4.69, 9.17) is 23.2 Å². The Morgan fingerprint density at radius 2 is 1.36 bits per heavy atom. The summed E-state index contributed by atoms with van der Waals surface area (Å²) in [6.45, 7) is 23.1. The Morgan fingerprint density at radius 3 is 1.75 bits per heavy atom. The second-order valence-electron chi connectivity index (χ2n) is 10.4. The molecule has 0 heterocycles. The van der Waals surface area contributed by atoms with E-state index in [1.165, 1.54) is 11.1 Å². The van der Waals surface area contributed by atoms with Crippen molar-refractivity contribution in [3.05, 3.63) is 42.7 Å². The van der Waals surface area contributed by atoms with E-state index < -0.39 is 9.52 Å². The van der Waals surface area contributed by atoms with Gasteiger partial charge in [0.1, 0.15) is 0 Å². The molecule has 0 bridgehead atoms. The zero-order valence-corrected chi connectivity index (χ0v) is 26.1. The molecular formula is C24H38Cl2HfSi. The molecule has 0 aromatic heterocycles. The van der Waals surface area contributed by atoms with E-state index in [9.17, 15) is 0 Å². The van der Waals surface area contributed by atoms with Crippen molar-refractivity contribution in [2.75, 3.05) is 0 Å². The maximum Gasteiger partial charge on any atom is 0.0883 e. The summed E-state index contributed by atoms with van der Waals surface area (Å²) >= 11 is 13.7. The van der Waals surface area contributed by atoms with E-state index in [-0.39, 0.29) is 42.1 Å². The van der Waals surface area contributed by atoms with Crippen LogP contribution >= 0.6 is 23.2 Å². The standard InChI is InChI=1S/C24H38Cl2Si.Hf/c1-11-24(12-2)20(23(8,9)10)19(15(4)21(24)26)27-18-14(3)17(25)13-16(18)22(5,6)7;/h11-13,27H2,1-10H3;. The first kappa shape index (κ1) is 26.7. The maximum absolute atomic E-state index is 7.06. The zero-order chi connectivity index (χ0) is 20.9. The Morgan fingerprint density at radius 1 is 0.857 bits per heavy atom. The largest absolute Gasteiger partial charge is 0.0885 e. The van der Waals surface area contributed by atoms with Gasteiger partial charge < -0.3 is 0 Å². The molecule has 0 saturated heterocycles. The van der Waals surface area contributed by atoms with E-state index in [1.54, 1.807) is 21.5 Å². The Hall–Kier alpha value is 0.627. The number of hydrogen-bond donors (Lipinski definition) is 0. The first-order valence-corrected chi connectivity index (χ1v) is 12.6. The average Bonchev–Trinajstić information content (AvgIpc) is 2.95. The molecule has 0 N–H and O–H groups in total. The van der Waals surface area contributed by atoms with E-state index in [1.807, 2.05) is 0 Å². The summed E-state index contributed by atoms with van der Waals surface area (Å²) < 4.78 is 0. The summed E-state index contributed by atoms with van der Waals surface area (Å²) in [6.07, 6.45) is 3.08. The van der Waals surface area contributed by atoms with Crippen molar-refractivity contribution in [1.29, 1.82) is 0 Å². The molecule has 2 aliphatic rings. The summed E-state index contributed by atoms with van der Waals surface area (Å²) in [5.74, 6) is 0. The van der Waals surface area contributed by atoms with Crippen molar-refractivity contribution in [3.63, 3.8) is 0 Å². The van der Waals surface area contributed by atoms with Crippen LogP contribution in [0.4, 0.5) is 0 Å². The van der Waals surface area contributed by atoms with Crippen molar-refractivity contribution < 1.29 is 25.8 Å². The minimum atomic E-state index is -0.662. The van der Waals surface area contributed by atoms with Gasteiger partial charge in [0, 0.05) is 47.7 Å². The molecule has 2 aliphatic carbocycles. The van der Waals surface area contributed by atoms with Gasteiger partial charge in [-0.25, -0.2) is 0 Å². The summed E-state index contributed by atoms with van der Waals surface area (Å²) in [4.78, 5) is 0. The molecule has 0 aliphatic heterocycles. The number of hydrogen-bond acceptors (Lipinski definition) is 0. The summed E-state index contributed by atoms with van der Waals surface area (Å²) in [6, 6.07) is 0. The SMILES string of the molecule is CCC1(CC)C(Cl)=C(C)C([SiH2]C2=C(C(C)(C)C)CC(Cl)=C2C)=C1C(C)(C)C.[Hf]. The van der Waals surface area contributed by atoms with Crippen molar-refractivity contribution >= 4 is 32.7 Å². The number of allylic oxidation sites excluding steroid dienone is 8. The fraction of sp³-hybridized carbons (Fsp3) is 0.667. The van der Waals surface area contributed by atoms with Gasteiger partial charge in [0.15, 0.2) is 0 Å². The molecule has 0 aromatic carbocycles. The molecule has 0 nitrogen and oxygen atoms in total. The maximum atomic E-state index is 7.06. The van der Waals surface area contributed by atoms with Crippen LogP contribution in [0.1, 0.15) is 88.5 Å². The van der Waals surface area contributed by atoms with Crippen LogP contribution < -0.4 is 0 Å². The van der Waals surface area contributed by atoms with Crippen molar-refractivity contribution in [1.82, 2.24) is 0 Å². The number of rotatable bonds is 4. The van der Waals surface area contributed by atoms with Crippen LogP contribution in [-0.4, -0.2) is 9.52 Å². The molecule has 2 rings (SSSR count). The van der Waals surface area contributed by atoms with Crippen LogP contribution in [-0.2, 0) is 25.8 Å². The van der Waals surface area contributed by atoms with Gasteiger partial charge in [0.05, 0.1) is 9.52 Å². The van der Waals surface area contributed by atoms with E-state index in [2.05, 4.69) is 69.2 Å². The molecule has 0 radical (unpaired) electrons. The molecule has 28 heavy (non-hydrogen) atoms. The molecule has 0 spiro atoms. The Labute approximate surface area is 204 Å². The summed E-state index contributed by atoms with van der Waals surface area (Å²) in [5.41, 5.74) is 6.15. The molecule has 0 saturated carbocycles. The Balaban J connectivity index is 0.00000392. The molecule has 4 heteroatoms. The molecule has 0 fully saturated rings. The molecule has 0 amide bonds. The third-order valence-electron chi connectivity index (χ3n) is 6.75. The van der Waals surface area contributed by atoms with Gasteiger partial charge in [-0.15, -0.1) is 0 Å². The normalized spacial score (nSPS) is 21.0. The van der Waals surface area contributed by atoms with Crippen LogP contribution in [0.25, 0.3) is 0 Å². The molecule has 0 aromatic rings. The van der Waals surface area contributed by atoms with Crippen molar-refractivity contribution in [3.8, 4) is 0 Å². The Kier molecular flexibility index (Phi) is 8.58. The first-order valence-electron chi connectivity index (χ1n) is 10.4. The summed E-state index contributed by atoms with van der Waals surface area (Å²) in [7, 11) is -0.662. The smallest absolute Gasteiger partial charge is 0.0883 e. The van der Waals surface area contributed by atoms with Crippen molar-refractivity contribution in [2.45, 2.75) is 88.5 Å². The fourth-order valence-corrected chi connectivity index (χ4v) is 9.44. The molecule has 0 unspecified atom stereocenters. The van der Waals surface area contributed by atoms with Crippen LogP contribution in [0.3, 0.4) is 0 Å². The van der Waals surface area contributed by atoms with Crippen LogP contribution in [0.15, 0.2) is 42.7 Å². The van der Waals surface area contributed by atoms with E-state index in [0.717, 1.165) is 29.3 Å². The minimum Gasteiger partial charge on any atom is -0.0885 e. The molecular weight excluding hydrogens is 566 g/mol. The van der Waals surface area contributed by atoms with Gasteiger partial charge in [-0.1, -0.05) is 100 Å². The van der Waals surface area contributed by atoms with Crippen molar-refractivity contribution in [2.24, 2.45) is 16.2 Å². The Bertz CT molecular complexity index is 763. The van der Waals surface area contributed by atoms with E-state index in [0.29, 0.717) is 0 Å². The van der Waals surface area contributed by atoms with Gasteiger partial charge in [-0.05, 0) is 48.7 Å². The third-order valence-corrected chi connectivity index (χ3v) is 10.4. The number of halogens is 2. The minimum absolute atomic E-state index is 0. The van der Waals surface area contributed by atoms with Gasteiger partial charge >= 0.3 is 0 Å². The van der Waals surface area contributed by atoms with Gasteiger partial charge in [0.25, 0.3) is 0 Å². The van der Waals surface area contributed by atoms with Gasteiger partial charge in [-0.3, -0.25) is 0 Å². The summed E-state index contributed by atoms with van der Waals surface area (Å²) in [5, 5.41) is 5.32. The van der Waals surface area contributed by atoms with Crippen LogP contribution in [0.2, 0.25) is 0 Å². The fourth-order valence-electron chi connectivity index (χ4n) is 5.30. The monoisotopic (exact) mass is 604 g/mol. The first-order chi connectivity index (χ1) is 12.2. The zero-order valence-electron chi connectivity index (χ0n) is 19.6. The average molecular weight is 604 g/mol. The third kappa shape index (κ3) is 4.46. The van der Waals surface area contributed by atoms with Crippen LogP contribution in [0.5, 0.6) is 0 Å².